The van der Waals surface area contributed by atoms with E-state index < -0.39 is 35.4 Å². The van der Waals surface area contributed by atoms with Crippen molar-refractivity contribution in [1.29, 1.82) is 0 Å². The monoisotopic (exact) mass is 460 g/mol. The lowest BCUT2D eigenvalue weighted by molar-refractivity contribution is -0.193. The van der Waals surface area contributed by atoms with E-state index in [0.717, 1.165) is 18.9 Å². The SMILES string of the molecule is CC(=O)OC(OC(C)=O)C1CCN(c2c(F)cc3c(=O)c(C(=O)O)cn(C4CC4)c3c2C)C1. The maximum absolute atomic E-state index is 15.3. The highest BCUT2D eigenvalue weighted by molar-refractivity contribution is 5.95. The third kappa shape index (κ3) is 4.29. The molecule has 4 rings (SSSR count). The number of carboxylic acids is 1. The van der Waals surface area contributed by atoms with E-state index in [9.17, 15) is 24.3 Å². The van der Waals surface area contributed by atoms with E-state index in [1.165, 1.54) is 20.0 Å². The van der Waals surface area contributed by atoms with Crippen LogP contribution >= 0.6 is 0 Å². The number of ether oxygens (including phenoxy) is 2. The first-order chi connectivity index (χ1) is 15.6. The first kappa shape index (κ1) is 22.8. The molecule has 2 aliphatic rings. The fourth-order valence-electron chi connectivity index (χ4n) is 4.61. The second-order valence-corrected chi connectivity index (χ2v) is 8.63. The van der Waals surface area contributed by atoms with Crippen LogP contribution in [0.2, 0.25) is 0 Å². The van der Waals surface area contributed by atoms with Crippen molar-refractivity contribution in [3.05, 3.63) is 39.4 Å². The third-order valence-corrected chi connectivity index (χ3v) is 6.14. The molecule has 33 heavy (non-hydrogen) atoms. The molecule has 0 radical (unpaired) electrons. The number of hydrogen-bond acceptors (Lipinski definition) is 7. The van der Waals surface area contributed by atoms with Crippen LogP contribution in [0.15, 0.2) is 17.1 Å². The number of aromatic carboxylic acids is 1. The van der Waals surface area contributed by atoms with Gasteiger partial charge in [-0.15, -0.1) is 0 Å². The molecule has 1 saturated heterocycles. The summed E-state index contributed by atoms with van der Waals surface area (Å²) in [4.78, 5) is 49.0. The van der Waals surface area contributed by atoms with E-state index in [-0.39, 0.29) is 29.5 Å². The summed E-state index contributed by atoms with van der Waals surface area (Å²) >= 11 is 0. The number of pyridine rings is 1. The molecule has 10 heteroatoms. The van der Waals surface area contributed by atoms with Crippen molar-refractivity contribution in [2.75, 3.05) is 18.0 Å². The molecule has 1 aromatic heterocycles. The summed E-state index contributed by atoms with van der Waals surface area (Å²) in [5.41, 5.74) is 0.248. The van der Waals surface area contributed by atoms with Gasteiger partial charge >= 0.3 is 17.9 Å². The molecule has 1 saturated carbocycles. The number of carbonyl (C=O) groups excluding carboxylic acids is 2. The number of benzene rings is 1. The van der Waals surface area contributed by atoms with Crippen molar-refractivity contribution in [1.82, 2.24) is 4.57 Å². The van der Waals surface area contributed by atoms with Gasteiger partial charge in [-0.05, 0) is 37.8 Å². The Morgan fingerprint density at radius 1 is 1.15 bits per heavy atom. The second-order valence-electron chi connectivity index (χ2n) is 8.63. The number of hydrogen-bond donors (Lipinski definition) is 1. The second kappa shape index (κ2) is 8.49. The molecule has 1 unspecified atom stereocenters. The fourth-order valence-corrected chi connectivity index (χ4v) is 4.61. The van der Waals surface area contributed by atoms with Gasteiger partial charge in [-0.2, -0.15) is 0 Å². The molecule has 2 fully saturated rings. The van der Waals surface area contributed by atoms with E-state index in [0.29, 0.717) is 29.7 Å². The molecule has 9 nitrogen and oxygen atoms in total. The molecule has 1 aliphatic carbocycles. The summed E-state index contributed by atoms with van der Waals surface area (Å²) in [5.74, 6) is -3.51. The van der Waals surface area contributed by atoms with Gasteiger partial charge in [-0.25, -0.2) is 9.18 Å². The summed E-state index contributed by atoms with van der Waals surface area (Å²) in [6, 6.07) is 1.17. The average Bonchev–Trinajstić information content (AvgIpc) is 3.44. The lowest BCUT2D eigenvalue weighted by atomic mass is 10.0. The Balaban J connectivity index is 1.76. The number of aryl methyl sites for hydroxylation is 1. The van der Waals surface area contributed by atoms with Crippen molar-refractivity contribution in [2.45, 2.75) is 52.4 Å². The van der Waals surface area contributed by atoms with Gasteiger partial charge in [-0.1, -0.05) is 0 Å². The Morgan fingerprint density at radius 3 is 2.33 bits per heavy atom. The zero-order valence-corrected chi connectivity index (χ0v) is 18.6. The van der Waals surface area contributed by atoms with Crippen LogP contribution < -0.4 is 10.3 Å². The average molecular weight is 460 g/mol. The molecular formula is C23H25FN2O7. The lowest BCUT2D eigenvalue weighted by Gasteiger charge is -2.26. The van der Waals surface area contributed by atoms with Gasteiger partial charge in [0.1, 0.15) is 11.4 Å². The minimum absolute atomic E-state index is 0.0361. The topological polar surface area (TPSA) is 115 Å². The smallest absolute Gasteiger partial charge is 0.341 e. The molecule has 1 N–H and O–H groups in total. The fraction of sp³-hybridized carbons (Fsp3) is 0.478. The Morgan fingerprint density at radius 2 is 1.79 bits per heavy atom. The highest BCUT2D eigenvalue weighted by Crippen LogP contribution is 2.41. The predicted molar refractivity (Wildman–Crippen MR) is 116 cm³/mol. The van der Waals surface area contributed by atoms with Gasteiger partial charge in [-0.3, -0.25) is 14.4 Å². The van der Waals surface area contributed by atoms with Crippen LogP contribution in [0.3, 0.4) is 0 Å². The summed E-state index contributed by atoms with van der Waals surface area (Å²) in [7, 11) is 0. The first-order valence-electron chi connectivity index (χ1n) is 10.8. The molecule has 1 atom stereocenters. The van der Waals surface area contributed by atoms with Crippen molar-refractivity contribution in [3.63, 3.8) is 0 Å². The molecular weight excluding hydrogens is 435 g/mol. The van der Waals surface area contributed by atoms with Crippen LogP contribution in [0.5, 0.6) is 0 Å². The van der Waals surface area contributed by atoms with Gasteiger partial charge < -0.3 is 24.0 Å². The van der Waals surface area contributed by atoms with Gasteiger partial charge in [0, 0.05) is 44.6 Å². The molecule has 1 aromatic carbocycles. The third-order valence-electron chi connectivity index (χ3n) is 6.14. The zero-order chi connectivity index (χ0) is 24.0. The molecule has 0 spiro atoms. The van der Waals surface area contributed by atoms with E-state index in [4.69, 9.17) is 9.47 Å². The minimum atomic E-state index is -1.34. The predicted octanol–water partition coefficient (Wildman–Crippen LogP) is 2.76. The van der Waals surface area contributed by atoms with E-state index in [1.54, 1.807) is 16.4 Å². The van der Waals surface area contributed by atoms with Crippen LogP contribution in [-0.2, 0) is 19.1 Å². The van der Waals surface area contributed by atoms with Crippen molar-refractivity contribution in [2.24, 2.45) is 5.92 Å². The Bertz CT molecular complexity index is 1200. The molecule has 2 aromatic rings. The first-order valence-corrected chi connectivity index (χ1v) is 10.8. The maximum Gasteiger partial charge on any atom is 0.341 e. The lowest BCUT2D eigenvalue weighted by Crippen LogP contribution is -2.33. The van der Waals surface area contributed by atoms with E-state index in [2.05, 4.69) is 0 Å². The van der Waals surface area contributed by atoms with Crippen LogP contribution in [0, 0.1) is 18.7 Å². The summed E-state index contributed by atoms with van der Waals surface area (Å²) in [5, 5.41) is 9.47. The standard InChI is InChI=1S/C23H25FN2O7/c1-11-19-16(21(29)17(22(30)31)10-26(19)15-4-5-15)8-18(24)20(11)25-7-6-14(9-25)23(32-12(2)27)33-13(3)28/h8,10,14-15,23H,4-7,9H2,1-3H3,(H,30,31). The van der Waals surface area contributed by atoms with Crippen molar-refractivity contribution >= 4 is 34.5 Å². The number of rotatable bonds is 6. The molecule has 0 bridgehead atoms. The van der Waals surface area contributed by atoms with Crippen LogP contribution in [0.25, 0.3) is 10.9 Å². The van der Waals surface area contributed by atoms with E-state index >= 15 is 4.39 Å². The number of carbonyl (C=O) groups is 3. The molecule has 2 heterocycles. The van der Waals surface area contributed by atoms with Crippen molar-refractivity contribution in [3.8, 4) is 0 Å². The molecule has 176 valence electrons. The Labute approximate surface area is 188 Å². The summed E-state index contributed by atoms with van der Waals surface area (Å²) in [6.45, 7) is 4.85. The summed E-state index contributed by atoms with van der Waals surface area (Å²) in [6.07, 6.45) is 2.47. The Kier molecular flexibility index (Phi) is 5.85. The number of fused-ring (bicyclic) bond motifs is 1. The highest BCUT2D eigenvalue weighted by atomic mass is 19.1. The van der Waals surface area contributed by atoms with Crippen molar-refractivity contribution < 1.29 is 33.4 Å². The van der Waals surface area contributed by atoms with E-state index in [1.807, 2.05) is 0 Å². The highest BCUT2D eigenvalue weighted by Gasteiger charge is 2.36. The normalized spacial score (nSPS) is 18.1. The van der Waals surface area contributed by atoms with Gasteiger partial charge in [0.2, 0.25) is 5.43 Å². The number of nitrogens with zero attached hydrogens (tertiary/aromatic N) is 2. The number of anilines is 1. The number of esters is 2. The van der Waals surface area contributed by atoms with Crippen LogP contribution in [0.4, 0.5) is 10.1 Å². The molecule has 0 amide bonds. The van der Waals surface area contributed by atoms with Gasteiger partial charge in [0.15, 0.2) is 0 Å². The Hall–Kier alpha value is -3.43. The minimum Gasteiger partial charge on any atom is -0.477 e. The van der Waals surface area contributed by atoms with Crippen LogP contribution in [-0.4, -0.2) is 47.0 Å². The largest absolute Gasteiger partial charge is 0.477 e. The molecule has 1 aliphatic heterocycles. The number of halogens is 1. The zero-order valence-electron chi connectivity index (χ0n) is 18.6. The maximum atomic E-state index is 15.3. The van der Waals surface area contributed by atoms with Gasteiger partial charge in [0.25, 0.3) is 6.29 Å². The van der Waals surface area contributed by atoms with Crippen LogP contribution in [0.1, 0.15) is 55.1 Å². The van der Waals surface area contributed by atoms with Gasteiger partial charge in [0.05, 0.1) is 17.1 Å². The summed E-state index contributed by atoms with van der Waals surface area (Å²) < 4.78 is 27.4. The number of carboxylic acid groups (broad SMARTS) is 1. The quantitative estimate of drug-likeness (QED) is 0.517. The number of aromatic nitrogens is 1.